The first-order valence-corrected chi connectivity index (χ1v) is 5.97. The first-order valence-electron chi connectivity index (χ1n) is 5.97. The lowest BCUT2D eigenvalue weighted by Gasteiger charge is -2.10. The van der Waals surface area contributed by atoms with Crippen molar-refractivity contribution < 1.29 is 19.1 Å². The van der Waals surface area contributed by atoms with Crippen LogP contribution in [0.5, 0.6) is 11.5 Å². The van der Waals surface area contributed by atoms with Gasteiger partial charge in [-0.15, -0.1) is 0 Å². The molecule has 2 amide bonds. The zero-order valence-corrected chi connectivity index (χ0v) is 10.8. The van der Waals surface area contributed by atoms with E-state index in [0.717, 1.165) is 18.4 Å². The van der Waals surface area contributed by atoms with Crippen molar-refractivity contribution in [3.05, 3.63) is 23.8 Å². The molecule has 0 heterocycles. The van der Waals surface area contributed by atoms with Crippen LogP contribution in [0.3, 0.4) is 0 Å². The van der Waals surface area contributed by atoms with Crippen LogP contribution in [0.2, 0.25) is 0 Å². The van der Waals surface area contributed by atoms with E-state index in [2.05, 4.69) is 0 Å². The molecule has 1 rings (SSSR count). The summed E-state index contributed by atoms with van der Waals surface area (Å²) in [6, 6.07) is 5.21. The summed E-state index contributed by atoms with van der Waals surface area (Å²) in [5, 5.41) is 0. The van der Waals surface area contributed by atoms with Crippen LogP contribution in [-0.4, -0.2) is 25.0 Å². The van der Waals surface area contributed by atoms with Crippen LogP contribution in [0, 0.1) is 0 Å². The molecular formula is C13H18N2O4. The number of rotatable bonds is 8. The third kappa shape index (κ3) is 5.76. The zero-order valence-electron chi connectivity index (χ0n) is 10.8. The Balaban J connectivity index is 2.83. The van der Waals surface area contributed by atoms with Gasteiger partial charge < -0.3 is 20.9 Å². The number of carbonyl (C=O) groups is 2. The van der Waals surface area contributed by atoms with Crippen molar-refractivity contribution in [2.45, 2.75) is 19.8 Å². The van der Waals surface area contributed by atoms with Crippen LogP contribution < -0.4 is 20.9 Å². The topological polar surface area (TPSA) is 105 Å². The molecule has 6 nitrogen and oxygen atoms in total. The van der Waals surface area contributed by atoms with Crippen molar-refractivity contribution in [3.8, 4) is 11.5 Å². The molecule has 0 radical (unpaired) electrons. The van der Waals surface area contributed by atoms with E-state index in [4.69, 9.17) is 20.9 Å². The Morgan fingerprint density at radius 2 is 1.47 bits per heavy atom. The second-order valence-electron chi connectivity index (χ2n) is 4.07. The Morgan fingerprint density at radius 1 is 1.00 bits per heavy atom. The first-order chi connectivity index (χ1) is 9.01. The third-order valence-electron chi connectivity index (χ3n) is 2.24. The monoisotopic (exact) mass is 266 g/mol. The average molecular weight is 266 g/mol. The number of hydrogen-bond donors (Lipinski definition) is 2. The van der Waals surface area contributed by atoms with Crippen LogP contribution in [-0.2, 0) is 16.0 Å². The maximum absolute atomic E-state index is 10.7. The zero-order chi connectivity index (χ0) is 14.3. The van der Waals surface area contributed by atoms with Gasteiger partial charge in [-0.3, -0.25) is 9.59 Å². The van der Waals surface area contributed by atoms with Gasteiger partial charge in [0.15, 0.2) is 13.2 Å². The number of benzene rings is 1. The SMILES string of the molecule is CCCc1cc(OCC(N)=O)cc(OCC(N)=O)c1. The largest absolute Gasteiger partial charge is 0.484 e. The minimum Gasteiger partial charge on any atom is -0.484 e. The number of hydrogen-bond acceptors (Lipinski definition) is 4. The van der Waals surface area contributed by atoms with E-state index in [1.807, 2.05) is 19.1 Å². The van der Waals surface area contributed by atoms with Crippen LogP contribution in [0.4, 0.5) is 0 Å². The van der Waals surface area contributed by atoms with Gasteiger partial charge in [0.05, 0.1) is 0 Å². The molecule has 6 heteroatoms. The Labute approximate surface area is 111 Å². The van der Waals surface area contributed by atoms with Gasteiger partial charge in [0, 0.05) is 6.07 Å². The van der Waals surface area contributed by atoms with Crippen molar-refractivity contribution in [1.82, 2.24) is 0 Å². The molecule has 4 N–H and O–H groups in total. The van der Waals surface area contributed by atoms with Crippen LogP contribution in [0.1, 0.15) is 18.9 Å². The van der Waals surface area contributed by atoms with E-state index in [1.165, 1.54) is 0 Å². The Morgan fingerprint density at radius 3 is 1.84 bits per heavy atom. The van der Waals surface area contributed by atoms with Crippen LogP contribution in [0.25, 0.3) is 0 Å². The molecule has 1 aromatic rings. The maximum atomic E-state index is 10.7. The Bertz CT molecular complexity index is 424. The lowest BCUT2D eigenvalue weighted by atomic mass is 10.1. The molecule has 0 aliphatic rings. The Kier molecular flexibility index (Phi) is 5.66. The second kappa shape index (κ2) is 7.25. The standard InChI is InChI=1S/C13H18N2O4/c1-2-3-9-4-10(18-7-12(14)16)6-11(5-9)19-8-13(15)17/h4-6H,2-3,7-8H2,1H3,(H2,14,16)(H2,15,17). The predicted octanol–water partition coefficient (Wildman–Crippen LogP) is 0.367. The molecule has 0 aliphatic heterocycles. The highest BCUT2D eigenvalue weighted by molar-refractivity contribution is 5.75. The normalized spacial score (nSPS) is 9.95. The first kappa shape index (κ1) is 14.8. The summed E-state index contributed by atoms with van der Waals surface area (Å²) in [5.74, 6) is -0.158. The van der Waals surface area contributed by atoms with Gasteiger partial charge in [0.25, 0.3) is 11.8 Å². The van der Waals surface area contributed by atoms with Gasteiger partial charge in [0.2, 0.25) is 0 Å². The maximum Gasteiger partial charge on any atom is 0.255 e. The molecule has 0 unspecified atom stereocenters. The van der Waals surface area contributed by atoms with E-state index in [1.54, 1.807) is 6.07 Å². The molecule has 0 fully saturated rings. The molecule has 0 aromatic heterocycles. The van der Waals surface area contributed by atoms with Crippen molar-refractivity contribution in [2.75, 3.05) is 13.2 Å². The molecule has 0 spiro atoms. The summed E-state index contributed by atoms with van der Waals surface area (Å²) < 4.78 is 10.5. The lowest BCUT2D eigenvalue weighted by Crippen LogP contribution is -2.21. The van der Waals surface area contributed by atoms with Gasteiger partial charge in [-0.25, -0.2) is 0 Å². The number of aryl methyl sites for hydroxylation is 1. The van der Waals surface area contributed by atoms with Crippen LogP contribution >= 0.6 is 0 Å². The summed E-state index contributed by atoms with van der Waals surface area (Å²) >= 11 is 0. The molecule has 0 aliphatic carbocycles. The third-order valence-corrected chi connectivity index (χ3v) is 2.24. The van der Waals surface area contributed by atoms with Gasteiger partial charge in [-0.1, -0.05) is 13.3 Å². The number of amides is 2. The van der Waals surface area contributed by atoms with Crippen molar-refractivity contribution >= 4 is 11.8 Å². The highest BCUT2D eigenvalue weighted by atomic mass is 16.5. The quantitative estimate of drug-likeness (QED) is 0.709. The fourth-order valence-corrected chi connectivity index (χ4v) is 1.54. The van der Waals surface area contributed by atoms with E-state index in [-0.39, 0.29) is 13.2 Å². The van der Waals surface area contributed by atoms with E-state index in [9.17, 15) is 9.59 Å². The molecule has 104 valence electrons. The van der Waals surface area contributed by atoms with Crippen molar-refractivity contribution in [3.63, 3.8) is 0 Å². The van der Waals surface area contributed by atoms with E-state index >= 15 is 0 Å². The van der Waals surface area contributed by atoms with Crippen LogP contribution in [0.15, 0.2) is 18.2 Å². The number of ether oxygens (including phenoxy) is 2. The minimum atomic E-state index is -0.555. The predicted molar refractivity (Wildman–Crippen MR) is 69.8 cm³/mol. The molecule has 0 atom stereocenters. The molecule has 19 heavy (non-hydrogen) atoms. The summed E-state index contributed by atoms with van der Waals surface area (Å²) in [4.78, 5) is 21.4. The summed E-state index contributed by atoms with van der Waals surface area (Å²) in [7, 11) is 0. The summed E-state index contributed by atoms with van der Waals surface area (Å²) in [6.07, 6.45) is 1.79. The van der Waals surface area contributed by atoms with E-state index < -0.39 is 11.8 Å². The number of primary amides is 2. The van der Waals surface area contributed by atoms with E-state index in [0.29, 0.717) is 11.5 Å². The summed E-state index contributed by atoms with van der Waals surface area (Å²) in [6.45, 7) is 1.64. The van der Waals surface area contributed by atoms with Gasteiger partial charge in [-0.05, 0) is 24.1 Å². The van der Waals surface area contributed by atoms with Crippen molar-refractivity contribution in [2.24, 2.45) is 11.5 Å². The average Bonchev–Trinajstić information content (AvgIpc) is 2.34. The second-order valence-corrected chi connectivity index (χ2v) is 4.07. The van der Waals surface area contributed by atoms with Gasteiger partial charge >= 0.3 is 0 Å². The minimum absolute atomic E-state index is 0.204. The fraction of sp³-hybridized carbons (Fsp3) is 0.385. The van der Waals surface area contributed by atoms with Gasteiger partial charge in [0.1, 0.15) is 11.5 Å². The molecule has 0 saturated heterocycles. The lowest BCUT2D eigenvalue weighted by molar-refractivity contribution is -0.120. The molecule has 0 bridgehead atoms. The van der Waals surface area contributed by atoms with Gasteiger partial charge in [-0.2, -0.15) is 0 Å². The molecule has 1 aromatic carbocycles. The molecule has 0 saturated carbocycles. The molecular weight excluding hydrogens is 248 g/mol. The highest BCUT2D eigenvalue weighted by Gasteiger charge is 2.05. The fourth-order valence-electron chi connectivity index (χ4n) is 1.54. The number of carbonyl (C=O) groups excluding carboxylic acids is 2. The van der Waals surface area contributed by atoms with Crippen molar-refractivity contribution in [1.29, 1.82) is 0 Å². The Hall–Kier alpha value is -2.24. The smallest absolute Gasteiger partial charge is 0.255 e. The highest BCUT2D eigenvalue weighted by Crippen LogP contribution is 2.24. The summed E-state index contributed by atoms with van der Waals surface area (Å²) in [5.41, 5.74) is 11.0. The number of nitrogens with two attached hydrogens (primary N) is 2.